The van der Waals surface area contributed by atoms with Crippen molar-refractivity contribution in [2.75, 3.05) is 11.8 Å². The van der Waals surface area contributed by atoms with Gasteiger partial charge in [-0.15, -0.1) is 23.2 Å². The Labute approximate surface area is 114 Å². The van der Waals surface area contributed by atoms with Gasteiger partial charge in [-0.05, 0) is 19.1 Å². The normalized spacial score (nSPS) is 11.4. The molecule has 1 aromatic carbocycles. The maximum atomic E-state index is 13.5. The summed E-state index contributed by atoms with van der Waals surface area (Å²) >= 11 is 17.2. The standard InChI is InChI=1S/C11H11Cl3FNO/c1-11(5-12,6-13)16-10(17)9-7(14)3-2-4-8(9)15/h2-4H,5-6H2,1H3,(H,16,17). The first-order valence-corrected chi connectivity index (χ1v) is 6.26. The Kier molecular flexibility index (Phi) is 5.04. The van der Waals surface area contributed by atoms with Gasteiger partial charge in [0.05, 0.1) is 16.1 Å². The van der Waals surface area contributed by atoms with Crippen molar-refractivity contribution in [1.29, 1.82) is 0 Å². The van der Waals surface area contributed by atoms with E-state index in [1.165, 1.54) is 18.2 Å². The number of rotatable bonds is 4. The molecule has 1 rings (SSSR count). The molecule has 1 aromatic rings. The lowest BCUT2D eigenvalue weighted by molar-refractivity contribution is 0.0917. The topological polar surface area (TPSA) is 29.1 Å². The second-order valence-electron chi connectivity index (χ2n) is 3.88. The lowest BCUT2D eigenvalue weighted by Crippen LogP contribution is -2.49. The zero-order valence-corrected chi connectivity index (χ0v) is 11.3. The second-order valence-corrected chi connectivity index (χ2v) is 4.82. The van der Waals surface area contributed by atoms with Gasteiger partial charge in [0.15, 0.2) is 0 Å². The second kappa shape index (κ2) is 5.89. The fraction of sp³-hybridized carbons (Fsp3) is 0.364. The van der Waals surface area contributed by atoms with E-state index in [9.17, 15) is 9.18 Å². The monoisotopic (exact) mass is 297 g/mol. The van der Waals surface area contributed by atoms with E-state index in [4.69, 9.17) is 34.8 Å². The predicted molar refractivity (Wildman–Crippen MR) is 68.7 cm³/mol. The Hall–Kier alpha value is -0.510. The van der Waals surface area contributed by atoms with Crippen LogP contribution in [0.4, 0.5) is 4.39 Å². The minimum atomic E-state index is -0.800. The Morgan fingerprint density at radius 3 is 2.47 bits per heavy atom. The van der Waals surface area contributed by atoms with E-state index in [1.807, 2.05) is 0 Å². The molecule has 0 aromatic heterocycles. The van der Waals surface area contributed by atoms with E-state index in [1.54, 1.807) is 6.92 Å². The molecular formula is C11H11Cl3FNO. The zero-order chi connectivity index (χ0) is 13.1. The number of carbonyl (C=O) groups excluding carboxylic acids is 1. The zero-order valence-electron chi connectivity index (χ0n) is 9.07. The van der Waals surface area contributed by atoms with Gasteiger partial charge in [-0.2, -0.15) is 0 Å². The van der Waals surface area contributed by atoms with Crippen LogP contribution in [0.2, 0.25) is 5.02 Å². The molecule has 0 saturated heterocycles. The van der Waals surface area contributed by atoms with Crippen molar-refractivity contribution >= 4 is 40.7 Å². The molecule has 0 aliphatic heterocycles. The highest BCUT2D eigenvalue weighted by Crippen LogP contribution is 2.20. The smallest absolute Gasteiger partial charge is 0.256 e. The molecule has 0 radical (unpaired) electrons. The average Bonchev–Trinajstić information content (AvgIpc) is 2.28. The predicted octanol–water partition coefficient (Wildman–Crippen LogP) is 3.45. The summed E-state index contributed by atoms with van der Waals surface area (Å²) in [4.78, 5) is 11.9. The number of benzene rings is 1. The molecule has 0 aliphatic rings. The highest BCUT2D eigenvalue weighted by Gasteiger charge is 2.27. The van der Waals surface area contributed by atoms with Crippen LogP contribution in [0.5, 0.6) is 0 Å². The molecule has 0 spiro atoms. The fourth-order valence-corrected chi connectivity index (χ4v) is 1.82. The molecule has 0 heterocycles. The molecule has 0 unspecified atom stereocenters. The van der Waals surface area contributed by atoms with E-state index in [2.05, 4.69) is 5.32 Å². The van der Waals surface area contributed by atoms with E-state index in [-0.39, 0.29) is 22.3 Å². The lowest BCUT2D eigenvalue weighted by Gasteiger charge is -2.26. The van der Waals surface area contributed by atoms with Crippen LogP contribution in [-0.4, -0.2) is 23.2 Å². The first-order valence-electron chi connectivity index (χ1n) is 4.82. The summed E-state index contributed by atoms with van der Waals surface area (Å²) < 4.78 is 13.5. The average molecular weight is 299 g/mol. The van der Waals surface area contributed by atoms with Crippen molar-refractivity contribution in [2.45, 2.75) is 12.5 Å². The van der Waals surface area contributed by atoms with Gasteiger partial charge in [0.2, 0.25) is 0 Å². The molecule has 1 amide bonds. The van der Waals surface area contributed by atoms with Gasteiger partial charge in [-0.1, -0.05) is 17.7 Å². The highest BCUT2D eigenvalue weighted by atomic mass is 35.5. The van der Waals surface area contributed by atoms with Gasteiger partial charge >= 0.3 is 0 Å². The number of alkyl halides is 2. The number of amides is 1. The molecule has 1 N–H and O–H groups in total. The molecule has 0 fully saturated rings. The van der Waals surface area contributed by atoms with Crippen LogP contribution in [-0.2, 0) is 0 Å². The number of hydrogen-bond donors (Lipinski definition) is 1. The van der Waals surface area contributed by atoms with Crippen LogP contribution in [0, 0.1) is 5.82 Å². The third-order valence-electron chi connectivity index (χ3n) is 2.20. The molecule has 0 bridgehead atoms. The van der Waals surface area contributed by atoms with Gasteiger partial charge in [0.1, 0.15) is 5.82 Å². The van der Waals surface area contributed by atoms with Crippen LogP contribution < -0.4 is 5.32 Å². The van der Waals surface area contributed by atoms with Crippen molar-refractivity contribution in [2.24, 2.45) is 0 Å². The van der Waals surface area contributed by atoms with Crippen LogP contribution in [0.3, 0.4) is 0 Å². The molecule has 6 heteroatoms. The van der Waals surface area contributed by atoms with E-state index in [0.717, 1.165) is 0 Å². The van der Waals surface area contributed by atoms with Crippen LogP contribution in [0.15, 0.2) is 18.2 Å². The molecule has 2 nitrogen and oxygen atoms in total. The number of nitrogens with one attached hydrogen (secondary N) is 1. The quantitative estimate of drug-likeness (QED) is 0.848. The van der Waals surface area contributed by atoms with Gasteiger partial charge in [0.25, 0.3) is 5.91 Å². The molecule has 0 atom stereocenters. The maximum absolute atomic E-state index is 13.5. The van der Waals surface area contributed by atoms with E-state index >= 15 is 0 Å². The minimum Gasteiger partial charge on any atom is -0.344 e. The Morgan fingerprint density at radius 1 is 1.41 bits per heavy atom. The minimum absolute atomic E-state index is 0.0500. The summed E-state index contributed by atoms with van der Waals surface area (Å²) in [6, 6.07) is 4.04. The number of halogens is 4. The van der Waals surface area contributed by atoms with E-state index in [0.29, 0.717) is 0 Å². The Morgan fingerprint density at radius 2 is 2.00 bits per heavy atom. The summed E-state index contributed by atoms with van der Waals surface area (Å²) in [6.07, 6.45) is 0. The van der Waals surface area contributed by atoms with Crippen molar-refractivity contribution < 1.29 is 9.18 Å². The van der Waals surface area contributed by atoms with E-state index < -0.39 is 17.3 Å². The van der Waals surface area contributed by atoms with Crippen LogP contribution in [0.1, 0.15) is 17.3 Å². The van der Waals surface area contributed by atoms with Crippen molar-refractivity contribution in [1.82, 2.24) is 5.32 Å². The number of hydrogen-bond acceptors (Lipinski definition) is 1. The summed E-state index contributed by atoms with van der Waals surface area (Å²) in [5.74, 6) is -1.07. The summed E-state index contributed by atoms with van der Waals surface area (Å²) in [5.41, 5.74) is -0.998. The number of carbonyl (C=O) groups is 1. The van der Waals surface area contributed by atoms with Crippen molar-refractivity contribution in [3.8, 4) is 0 Å². The van der Waals surface area contributed by atoms with Gasteiger partial charge in [-0.25, -0.2) is 4.39 Å². The molecule has 0 saturated carbocycles. The molecule has 0 aliphatic carbocycles. The third kappa shape index (κ3) is 3.47. The molecule has 17 heavy (non-hydrogen) atoms. The van der Waals surface area contributed by atoms with Gasteiger partial charge < -0.3 is 5.32 Å². The van der Waals surface area contributed by atoms with Gasteiger partial charge in [-0.3, -0.25) is 4.79 Å². The largest absolute Gasteiger partial charge is 0.344 e. The van der Waals surface area contributed by atoms with Crippen LogP contribution in [0.25, 0.3) is 0 Å². The fourth-order valence-electron chi connectivity index (χ4n) is 1.15. The van der Waals surface area contributed by atoms with Gasteiger partial charge in [0, 0.05) is 11.8 Å². The SMILES string of the molecule is CC(CCl)(CCl)NC(=O)c1c(F)cccc1Cl. The summed E-state index contributed by atoms with van der Waals surface area (Å²) in [6.45, 7) is 1.67. The third-order valence-corrected chi connectivity index (χ3v) is 3.69. The first kappa shape index (κ1) is 14.6. The molecular weight excluding hydrogens is 287 g/mol. The lowest BCUT2D eigenvalue weighted by atomic mass is 10.1. The highest BCUT2D eigenvalue weighted by molar-refractivity contribution is 6.34. The Bertz CT molecular complexity index is 401. The van der Waals surface area contributed by atoms with Crippen molar-refractivity contribution in [3.63, 3.8) is 0 Å². The van der Waals surface area contributed by atoms with Crippen molar-refractivity contribution in [3.05, 3.63) is 34.6 Å². The first-order chi connectivity index (χ1) is 7.93. The molecule has 94 valence electrons. The summed E-state index contributed by atoms with van der Waals surface area (Å²) in [7, 11) is 0. The Balaban J connectivity index is 2.98. The van der Waals surface area contributed by atoms with Crippen LogP contribution >= 0.6 is 34.8 Å². The maximum Gasteiger partial charge on any atom is 0.256 e. The summed E-state index contributed by atoms with van der Waals surface area (Å²) in [5, 5.41) is 2.61.